The second-order valence-corrected chi connectivity index (χ2v) is 9.49. The Balaban J connectivity index is 1.81. The van der Waals surface area contributed by atoms with E-state index in [1.54, 1.807) is 24.3 Å². The Kier molecular flexibility index (Phi) is 8.06. The first-order chi connectivity index (χ1) is 15.8. The van der Waals surface area contributed by atoms with Crippen LogP contribution >= 0.6 is 0 Å². The number of hydrogen-bond acceptors (Lipinski definition) is 4. The van der Waals surface area contributed by atoms with Gasteiger partial charge in [-0.3, -0.25) is 9.10 Å². The summed E-state index contributed by atoms with van der Waals surface area (Å²) in [6.07, 6.45) is 1.49. The Hall–Kier alpha value is -3.39. The number of anilines is 1. The van der Waals surface area contributed by atoms with Crippen LogP contribution in [0.4, 0.5) is 10.1 Å². The number of carbonyl (C=O) groups excluding carboxylic acids is 1. The van der Waals surface area contributed by atoms with E-state index in [1.807, 2.05) is 37.3 Å². The maximum Gasteiger partial charge on any atom is 0.264 e. The third kappa shape index (κ3) is 6.32. The molecule has 8 heteroatoms. The normalized spacial score (nSPS) is 12.1. The van der Waals surface area contributed by atoms with E-state index in [0.29, 0.717) is 12.2 Å². The van der Waals surface area contributed by atoms with Crippen molar-refractivity contribution in [3.8, 4) is 5.75 Å². The Bertz CT molecular complexity index is 1170. The number of nitrogens with zero attached hydrogens (tertiary/aromatic N) is 1. The maximum absolute atomic E-state index is 13.4. The van der Waals surface area contributed by atoms with Crippen molar-refractivity contribution in [1.29, 1.82) is 0 Å². The minimum atomic E-state index is -4.16. The number of halogens is 1. The maximum atomic E-state index is 13.4. The summed E-state index contributed by atoms with van der Waals surface area (Å²) in [6, 6.07) is 20.8. The predicted molar refractivity (Wildman–Crippen MR) is 126 cm³/mol. The number of aryl methyl sites for hydroxylation is 1. The van der Waals surface area contributed by atoms with E-state index in [2.05, 4.69) is 5.32 Å². The van der Waals surface area contributed by atoms with Crippen LogP contribution in [-0.2, 0) is 21.2 Å². The lowest BCUT2D eigenvalue weighted by molar-refractivity contribution is -0.120. The highest BCUT2D eigenvalue weighted by atomic mass is 32.2. The number of carbonyl (C=O) groups is 1. The molecular weight excluding hydrogens is 443 g/mol. The molecule has 0 spiro atoms. The molecule has 6 nitrogen and oxygen atoms in total. The molecule has 1 N–H and O–H groups in total. The lowest BCUT2D eigenvalue weighted by Gasteiger charge is -2.26. The second-order valence-electron chi connectivity index (χ2n) is 7.63. The van der Waals surface area contributed by atoms with Gasteiger partial charge in [-0.2, -0.15) is 0 Å². The van der Waals surface area contributed by atoms with Gasteiger partial charge in [-0.05, 0) is 61.7 Å². The molecule has 0 bridgehead atoms. The fraction of sp³-hybridized carbons (Fsp3) is 0.240. The minimum absolute atomic E-state index is 0.125. The Morgan fingerprint density at radius 2 is 1.64 bits per heavy atom. The smallest absolute Gasteiger partial charge is 0.264 e. The topological polar surface area (TPSA) is 75.7 Å². The fourth-order valence-corrected chi connectivity index (χ4v) is 4.85. The second kappa shape index (κ2) is 11.0. The largest absolute Gasteiger partial charge is 0.495 e. The molecule has 0 aliphatic heterocycles. The van der Waals surface area contributed by atoms with Crippen LogP contribution in [0.1, 0.15) is 18.9 Å². The molecule has 0 fully saturated rings. The van der Waals surface area contributed by atoms with E-state index in [9.17, 15) is 17.6 Å². The van der Waals surface area contributed by atoms with Crippen molar-refractivity contribution in [2.45, 2.75) is 30.7 Å². The molecule has 1 atom stereocenters. The van der Waals surface area contributed by atoms with Crippen LogP contribution in [0, 0.1) is 5.82 Å². The molecule has 1 unspecified atom stereocenters. The molecule has 0 heterocycles. The molecule has 0 aliphatic carbocycles. The van der Waals surface area contributed by atoms with Crippen LogP contribution in [0.25, 0.3) is 0 Å². The molecule has 33 heavy (non-hydrogen) atoms. The minimum Gasteiger partial charge on any atom is -0.495 e. The standard InChI is InChI=1S/C25H27FN2O4S/c1-19(12-13-20-8-4-3-5-9-20)27-25(29)18-28(23-10-6-7-11-24(23)32-2)33(30,31)22-16-14-21(26)15-17-22/h3-11,14-17,19H,12-13,18H2,1-2H3,(H,27,29). The van der Waals surface area contributed by atoms with Gasteiger partial charge in [0.1, 0.15) is 18.1 Å². The summed E-state index contributed by atoms with van der Waals surface area (Å²) in [5, 5.41) is 2.87. The van der Waals surface area contributed by atoms with Gasteiger partial charge < -0.3 is 10.1 Å². The molecule has 0 saturated carbocycles. The van der Waals surface area contributed by atoms with E-state index in [0.717, 1.165) is 28.4 Å². The van der Waals surface area contributed by atoms with Gasteiger partial charge in [0, 0.05) is 6.04 Å². The van der Waals surface area contributed by atoms with Crippen LogP contribution in [-0.4, -0.2) is 34.0 Å². The fourth-order valence-electron chi connectivity index (χ4n) is 3.42. The number of methoxy groups -OCH3 is 1. The number of hydrogen-bond donors (Lipinski definition) is 1. The van der Waals surface area contributed by atoms with E-state index < -0.39 is 28.3 Å². The number of ether oxygens (including phenoxy) is 1. The van der Waals surface area contributed by atoms with Gasteiger partial charge in [0.2, 0.25) is 5.91 Å². The van der Waals surface area contributed by atoms with Gasteiger partial charge in [0.25, 0.3) is 10.0 Å². The van der Waals surface area contributed by atoms with Gasteiger partial charge in [0.15, 0.2) is 0 Å². The quantitative estimate of drug-likeness (QED) is 0.483. The van der Waals surface area contributed by atoms with Gasteiger partial charge >= 0.3 is 0 Å². The van der Waals surface area contributed by atoms with Gasteiger partial charge in [0.05, 0.1) is 17.7 Å². The number of nitrogens with one attached hydrogen (secondary N) is 1. The summed E-state index contributed by atoms with van der Waals surface area (Å²) < 4.78 is 46.5. The highest BCUT2D eigenvalue weighted by Gasteiger charge is 2.29. The summed E-state index contributed by atoms with van der Waals surface area (Å²) in [6.45, 7) is 1.43. The first-order valence-electron chi connectivity index (χ1n) is 10.6. The molecule has 0 aliphatic rings. The number of sulfonamides is 1. The summed E-state index contributed by atoms with van der Waals surface area (Å²) in [4.78, 5) is 12.7. The van der Waals surface area contributed by atoms with Crippen molar-refractivity contribution in [2.24, 2.45) is 0 Å². The van der Waals surface area contributed by atoms with E-state index in [1.165, 1.54) is 19.2 Å². The zero-order valence-corrected chi connectivity index (χ0v) is 19.4. The van der Waals surface area contributed by atoms with Crippen LogP contribution in [0.2, 0.25) is 0 Å². The first kappa shape index (κ1) is 24.3. The third-order valence-corrected chi connectivity index (χ3v) is 6.93. The number of rotatable bonds is 10. The van der Waals surface area contributed by atoms with Crippen LogP contribution in [0.15, 0.2) is 83.8 Å². The summed E-state index contributed by atoms with van der Waals surface area (Å²) in [5.41, 5.74) is 1.38. The molecule has 3 aromatic rings. The zero-order chi connectivity index (χ0) is 23.8. The molecular formula is C25H27FN2O4S. The van der Waals surface area contributed by atoms with E-state index >= 15 is 0 Å². The first-order valence-corrected chi connectivity index (χ1v) is 12.0. The van der Waals surface area contributed by atoms with Gasteiger partial charge in [-0.1, -0.05) is 42.5 Å². The lowest BCUT2D eigenvalue weighted by atomic mass is 10.1. The Morgan fingerprint density at radius 1 is 1.00 bits per heavy atom. The number of benzene rings is 3. The molecule has 3 aromatic carbocycles. The monoisotopic (exact) mass is 470 g/mol. The lowest BCUT2D eigenvalue weighted by Crippen LogP contribution is -2.43. The number of para-hydroxylation sites is 2. The highest BCUT2D eigenvalue weighted by molar-refractivity contribution is 7.92. The molecule has 3 rings (SSSR count). The summed E-state index contributed by atoms with van der Waals surface area (Å²) >= 11 is 0. The zero-order valence-electron chi connectivity index (χ0n) is 18.6. The summed E-state index contributed by atoms with van der Waals surface area (Å²) in [5.74, 6) is -0.706. The van der Waals surface area contributed by atoms with Crippen molar-refractivity contribution < 1.29 is 22.3 Å². The average molecular weight is 471 g/mol. The van der Waals surface area contributed by atoms with E-state index in [4.69, 9.17) is 4.74 Å². The van der Waals surface area contributed by atoms with Crippen molar-refractivity contribution in [1.82, 2.24) is 5.32 Å². The Morgan fingerprint density at radius 3 is 2.30 bits per heavy atom. The predicted octanol–water partition coefficient (Wildman–Crippen LogP) is 4.17. The van der Waals surface area contributed by atoms with Crippen LogP contribution in [0.3, 0.4) is 0 Å². The molecule has 1 amide bonds. The molecule has 0 saturated heterocycles. The SMILES string of the molecule is COc1ccccc1N(CC(=O)NC(C)CCc1ccccc1)S(=O)(=O)c1ccc(F)cc1. The summed E-state index contributed by atoms with van der Waals surface area (Å²) in [7, 11) is -2.74. The highest BCUT2D eigenvalue weighted by Crippen LogP contribution is 2.32. The van der Waals surface area contributed by atoms with Crippen molar-refractivity contribution in [2.75, 3.05) is 18.0 Å². The number of amides is 1. The van der Waals surface area contributed by atoms with E-state index in [-0.39, 0.29) is 16.6 Å². The van der Waals surface area contributed by atoms with Crippen molar-refractivity contribution in [3.63, 3.8) is 0 Å². The average Bonchev–Trinajstić information content (AvgIpc) is 2.82. The van der Waals surface area contributed by atoms with Gasteiger partial charge in [-0.25, -0.2) is 12.8 Å². The van der Waals surface area contributed by atoms with Gasteiger partial charge in [-0.15, -0.1) is 0 Å². The van der Waals surface area contributed by atoms with Crippen molar-refractivity contribution in [3.05, 3.63) is 90.2 Å². The molecule has 174 valence electrons. The molecule has 0 aromatic heterocycles. The van der Waals surface area contributed by atoms with Crippen LogP contribution < -0.4 is 14.4 Å². The Labute approximate surface area is 194 Å². The van der Waals surface area contributed by atoms with Crippen molar-refractivity contribution >= 4 is 21.6 Å². The third-order valence-electron chi connectivity index (χ3n) is 5.16. The van der Waals surface area contributed by atoms with Crippen LogP contribution in [0.5, 0.6) is 5.75 Å². The molecule has 0 radical (unpaired) electrons.